The number of anilines is 1. The molecule has 0 saturated heterocycles. The van der Waals surface area contributed by atoms with Crippen molar-refractivity contribution in [3.8, 4) is 17.1 Å². The maximum atomic E-state index is 5.63. The molecule has 0 bridgehead atoms. The molecule has 0 unspecified atom stereocenters. The molecule has 2 aromatic heterocycles. The standard InChI is InChI=1S/C10H11N5OS/c1-16-7-5-12-4-3-6(7)8-13-9(11)15-10(14-8)17-2/h3-5H,1-2H3,(H2,11,13,14,15). The highest BCUT2D eigenvalue weighted by Crippen LogP contribution is 2.26. The van der Waals surface area contributed by atoms with Gasteiger partial charge in [-0.3, -0.25) is 4.98 Å². The average Bonchev–Trinajstić information content (AvgIpc) is 2.37. The highest BCUT2D eigenvalue weighted by molar-refractivity contribution is 7.98. The van der Waals surface area contributed by atoms with Crippen molar-refractivity contribution in [3.05, 3.63) is 18.5 Å². The first-order valence-electron chi connectivity index (χ1n) is 4.78. The van der Waals surface area contributed by atoms with Crippen molar-refractivity contribution in [1.82, 2.24) is 19.9 Å². The van der Waals surface area contributed by atoms with Crippen LogP contribution in [0.4, 0.5) is 5.95 Å². The Morgan fingerprint density at radius 2 is 2.12 bits per heavy atom. The fourth-order valence-corrected chi connectivity index (χ4v) is 1.67. The molecular formula is C10H11N5OS. The Bertz CT molecular complexity index is 534. The molecule has 0 fully saturated rings. The summed E-state index contributed by atoms with van der Waals surface area (Å²) in [5.74, 6) is 1.28. The van der Waals surface area contributed by atoms with Crippen LogP contribution >= 0.6 is 11.8 Å². The fraction of sp³-hybridized carbons (Fsp3) is 0.200. The number of thioether (sulfide) groups is 1. The largest absolute Gasteiger partial charge is 0.494 e. The van der Waals surface area contributed by atoms with Gasteiger partial charge in [0.1, 0.15) is 5.75 Å². The molecule has 0 saturated carbocycles. The van der Waals surface area contributed by atoms with Gasteiger partial charge < -0.3 is 10.5 Å². The van der Waals surface area contributed by atoms with E-state index in [-0.39, 0.29) is 5.95 Å². The number of nitrogens with two attached hydrogens (primary N) is 1. The molecule has 88 valence electrons. The van der Waals surface area contributed by atoms with E-state index in [0.29, 0.717) is 16.7 Å². The van der Waals surface area contributed by atoms with Crippen molar-refractivity contribution in [3.63, 3.8) is 0 Å². The van der Waals surface area contributed by atoms with Crippen LogP contribution in [0.3, 0.4) is 0 Å². The third kappa shape index (κ3) is 2.44. The quantitative estimate of drug-likeness (QED) is 0.819. The van der Waals surface area contributed by atoms with Crippen LogP contribution in [0.25, 0.3) is 11.4 Å². The van der Waals surface area contributed by atoms with Crippen molar-refractivity contribution in [2.75, 3.05) is 19.1 Å². The maximum Gasteiger partial charge on any atom is 0.224 e. The van der Waals surface area contributed by atoms with Crippen molar-refractivity contribution in [2.24, 2.45) is 0 Å². The van der Waals surface area contributed by atoms with Gasteiger partial charge in [0.15, 0.2) is 11.0 Å². The highest BCUT2D eigenvalue weighted by atomic mass is 32.2. The summed E-state index contributed by atoms with van der Waals surface area (Å²) < 4.78 is 5.20. The monoisotopic (exact) mass is 249 g/mol. The average molecular weight is 249 g/mol. The fourth-order valence-electron chi connectivity index (χ4n) is 1.31. The van der Waals surface area contributed by atoms with Crippen molar-refractivity contribution in [1.29, 1.82) is 0 Å². The van der Waals surface area contributed by atoms with Crippen LogP contribution in [0, 0.1) is 0 Å². The van der Waals surface area contributed by atoms with Gasteiger partial charge in [0, 0.05) is 6.20 Å². The van der Waals surface area contributed by atoms with Gasteiger partial charge in [-0.25, -0.2) is 4.98 Å². The van der Waals surface area contributed by atoms with E-state index in [1.165, 1.54) is 11.8 Å². The van der Waals surface area contributed by atoms with Crippen LogP contribution in [0.1, 0.15) is 0 Å². The van der Waals surface area contributed by atoms with Gasteiger partial charge in [-0.05, 0) is 12.3 Å². The van der Waals surface area contributed by atoms with E-state index in [2.05, 4.69) is 19.9 Å². The Kier molecular flexibility index (Phi) is 3.38. The molecule has 17 heavy (non-hydrogen) atoms. The number of hydrogen-bond donors (Lipinski definition) is 1. The van der Waals surface area contributed by atoms with Gasteiger partial charge >= 0.3 is 0 Å². The summed E-state index contributed by atoms with van der Waals surface area (Å²) in [6.45, 7) is 0. The third-order valence-electron chi connectivity index (χ3n) is 2.06. The van der Waals surface area contributed by atoms with E-state index in [1.54, 1.807) is 25.6 Å². The van der Waals surface area contributed by atoms with Crippen molar-refractivity contribution >= 4 is 17.7 Å². The first-order chi connectivity index (χ1) is 8.24. The number of nitrogen functional groups attached to an aromatic ring is 1. The summed E-state index contributed by atoms with van der Waals surface area (Å²) in [5.41, 5.74) is 6.37. The zero-order valence-corrected chi connectivity index (χ0v) is 10.2. The molecule has 2 aromatic rings. The minimum Gasteiger partial charge on any atom is -0.494 e. The predicted octanol–water partition coefficient (Wildman–Crippen LogP) is 1.25. The molecule has 0 spiro atoms. The number of methoxy groups -OCH3 is 1. The molecule has 2 N–H and O–H groups in total. The van der Waals surface area contributed by atoms with E-state index in [9.17, 15) is 0 Å². The lowest BCUT2D eigenvalue weighted by Crippen LogP contribution is -2.02. The van der Waals surface area contributed by atoms with Crippen LogP contribution in [0.15, 0.2) is 23.6 Å². The molecule has 2 rings (SSSR count). The molecule has 6 nitrogen and oxygen atoms in total. The maximum absolute atomic E-state index is 5.63. The van der Waals surface area contributed by atoms with Crippen molar-refractivity contribution in [2.45, 2.75) is 5.16 Å². The summed E-state index contributed by atoms with van der Waals surface area (Å²) in [5, 5.41) is 0.575. The third-order valence-corrected chi connectivity index (χ3v) is 2.61. The number of rotatable bonds is 3. The minimum atomic E-state index is 0.193. The first kappa shape index (κ1) is 11.6. The number of hydrogen-bond acceptors (Lipinski definition) is 7. The Morgan fingerprint density at radius 3 is 2.82 bits per heavy atom. The summed E-state index contributed by atoms with van der Waals surface area (Å²) in [7, 11) is 1.57. The van der Waals surface area contributed by atoms with E-state index < -0.39 is 0 Å². The van der Waals surface area contributed by atoms with Crippen LogP contribution < -0.4 is 10.5 Å². The topological polar surface area (TPSA) is 86.8 Å². The molecule has 0 aliphatic heterocycles. The van der Waals surface area contributed by atoms with Crippen LogP contribution in [-0.4, -0.2) is 33.3 Å². The van der Waals surface area contributed by atoms with E-state index >= 15 is 0 Å². The second-order valence-electron chi connectivity index (χ2n) is 3.08. The first-order valence-corrected chi connectivity index (χ1v) is 6.01. The molecular weight excluding hydrogens is 238 g/mol. The van der Waals surface area contributed by atoms with E-state index in [4.69, 9.17) is 10.5 Å². The summed E-state index contributed by atoms with van der Waals surface area (Å²) >= 11 is 1.41. The second-order valence-corrected chi connectivity index (χ2v) is 3.85. The highest BCUT2D eigenvalue weighted by Gasteiger charge is 2.11. The number of nitrogens with zero attached hydrogens (tertiary/aromatic N) is 4. The molecule has 0 atom stereocenters. The van der Waals surface area contributed by atoms with Gasteiger partial charge in [0.25, 0.3) is 0 Å². The van der Waals surface area contributed by atoms with Gasteiger partial charge in [-0.1, -0.05) is 11.8 Å². The molecule has 0 amide bonds. The molecule has 0 aromatic carbocycles. The summed E-state index contributed by atoms with van der Waals surface area (Å²) in [6, 6.07) is 1.78. The van der Waals surface area contributed by atoms with Gasteiger partial charge in [-0.15, -0.1) is 0 Å². The van der Waals surface area contributed by atoms with E-state index in [1.807, 2.05) is 6.26 Å². The van der Waals surface area contributed by atoms with Gasteiger partial charge in [0.2, 0.25) is 5.95 Å². The van der Waals surface area contributed by atoms with Gasteiger partial charge in [0.05, 0.1) is 18.9 Å². The molecule has 2 heterocycles. The van der Waals surface area contributed by atoms with Crippen molar-refractivity contribution < 1.29 is 4.74 Å². The zero-order chi connectivity index (χ0) is 12.3. The summed E-state index contributed by atoms with van der Waals surface area (Å²) in [4.78, 5) is 16.3. The lowest BCUT2D eigenvalue weighted by atomic mass is 10.2. The molecule has 7 heteroatoms. The minimum absolute atomic E-state index is 0.193. The Labute approximate surface area is 103 Å². The lowest BCUT2D eigenvalue weighted by Gasteiger charge is -2.07. The Hall–Kier alpha value is -1.89. The Morgan fingerprint density at radius 1 is 1.29 bits per heavy atom. The number of ether oxygens (including phenoxy) is 1. The summed E-state index contributed by atoms with van der Waals surface area (Å²) in [6.07, 6.45) is 5.13. The number of aromatic nitrogens is 4. The number of pyridine rings is 1. The molecule has 0 aliphatic carbocycles. The Balaban J connectivity index is 2.55. The predicted molar refractivity (Wildman–Crippen MR) is 65.8 cm³/mol. The smallest absolute Gasteiger partial charge is 0.224 e. The SMILES string of the molecule is COc1cnccc1-c1nc(N)nc(SC)n1. The zero-order valence-electron chi connectivity index (χ0n) is 9.41. The normalized spacial score (nSPS) is 10.2. The molecule has 0 aliphatic rings. The van der Waals surface area contributed by atoms with E-state index in [0.717, 1.165) is 5.56 Å². The van der Waals surface area contributed by atoms with Crippen LogP contribution in [0.5, 0.6) is 5.75 Å². The van der Waals surface area contributed by atoms with Crippen LogP contribution in [0.2, 0.25) is 0 Å². The lowest BCUT2D eigenvalue weighted by molar-refractivity contribution is 0.414. The second kappa shape index (κ2) is 4.96. The molecule has 0 radical (unpaired) electrons. The van der Waals surface area contributed by atoms with Gasteiger partial charge in [-0.2, -0.15) is 9.97 Å². The van der Waals surface area contributed by atoms with Crippen LogP contribution in [-0.2, 0) is 0 Å².